The van der Waals surface area contributed by atoms with Crippen molar-refractivity contribution < 1.29 is 9.59 Å². The lowest BCUT2D eigenvalue weighted by Crippen LogP contribution is -2.23. The van der Waals surface area contributed by atoms with E-state index < -0.39 is 0 Å². The summed E-state index contributed by atoms with van der Waals surface area (Å²) in [6.07, 6.45) is 2.54. The molecule has 130 valence electrons. The molecule has 1 heterocycles. The number of nitrogens with zero attached hydrogens (tertiary/aromatic N) is 1. The number of amides is 2. The predicted molar refractivity (Wildman–Crippen MR) is 101 cm³/mol. The van der Waals surface area contributed by atoms with E-state index in [4.69, 9.17) is 0 Å². The average molecular weight is 336 g/mol. The highest BCUT2D eigenvalue weighted by Gasteiger charge is 2.21. The number of hydrogen-bond acceptors (Lipinski definition) is 2. The van der Waals surface area contributed by atoms with Gasteiger partial charge in [0.1, 0.15) is 0 Å². The largest absolute Gasteiger partial charge is 0.322 e. The van der Waals surface area contributed by atoms with Crippen LogP contribution in [0.25, 0.3) is 0 Å². The summed E-state index contributed by atoms with van der Waals surface area (Å²) in [6.45, 7) is 5.13. The number of benzene rings is 2. The van der Waals surface area contributed by atoms with Crippen LogP contribution in [0.1, 0.15) is 42.6 Å². The predicted octanol–water partition coefficient (Wildman–Crippen LogP) is 4.26. The zero-order valence-electron chi connectivity index (χ0n) is 14.8. The number of anilines is 2. The minimum absolute atomic E-state index is 0.124. The van der Waals surface area contributed by atoms with E-state index in [-0.39, 0.29) is 11.8 Å². The summed E-state index contributed by atoms with van der Waals surface area (Å²) >= 11 is 0. The van der Waals surface area contributed by atoms with Gasteiger partial charge in [-0.1, -0.05) is 26.0 Å². The molecule has 1 aliphatic rings. The first-order valence-corrected chi connectivity index (χ1v) is 8.83. The van der Waals surface area contributed by atoms with E-state index in [0.29, 0.717) is 17.9 Å². The van der Waals surface area contributed by atoms with E-state index in [9.17, 15) is 9.59 Å². The van der Waals surface area contributed by atoms with Gasteiger partial charge in [-0.15, -0.1) is 0 Å². The van der Waals surface area contributed by atoms with Crippen LogP contribution in [0.5, 0.6) is 0 Å². The summed E-state index contributed by atoms with van der Waals surface area (Å²) in [5.74, 6) is 0.639. The fourth-order valence-electron chi connectivity index (χ4n) is 3.11. The molecule has 3 rings (SSSR count). The van der Waals surface area contributed by atoms with Gasteiger partial charge < -0.3 is 10.2 Å². The van der Waals surface area contributed by atoms with Crippen molar-refractivity contribution in [1.82, 2.24) is 0 Å². The van der Waals surface area contributed by atoms with Gasteiger partial charge in [0.15, 0.2) is 0 Å². The van der Waals surface area contributed by atoms with Gasteiger partial charge in [-0.25, -0.2) is 0 Å². The molecule has 1 saturated heterocycles. The Bertz CT molecular complexity index is 748. The highest BCUT2D eigenvalue weighted by Crippen LogP contribution is 2.23. The highest BCUT2D eigenvalue weighted by atomic mass is 16.2. The minimum atomic E-state index is -0.124. The van der Waals surface area contributed by atoms with Crippen LogP contribution in [-0.2, 0) is 11.2 Å². The molecule has 0 atom stereocenters. The summed E-state index contributed by atoms with van der Waals surface area (Å²) < 4.78 is 0. The van der Waals surface area contributed by atoms with Crippen molar-refractivity contribution in [1.29, 1.82) is 0 Å². The summed E-state index contributed by atoms with van der Waals surface area (Å²) in [4.78, 5) is 25.9. The van der Waals surface area contributed by atoms with Crippen molar-refractivity contribution in [3.63, 3.8) is 0 Å². The standard InChI is InChI=1S/C21H24N2O2/c1-15(2)14-16-5-7-17(8-6-16)21(25)22-18-9-11-19(12-10-18)23-13-3-4-20(23)24/h5-12,15H,3-4,13-14H2,1-2H3,(H,22,25). The first kappa shape index (κ1) is 17.2. The number of carbonyl (C=O) groups is 2. The molecule has 0 radical (unpaired) electrons. The SMILES string of the molecule is CC(C)Cc1ccc(C(=O)Nc2ccc(N3CCCC3=O)cc2)cc1. The Kier molecular flexibility index (Phi) is 5.17. The van der Waals surface area contributed by atoms with Crippen molar-refractivity contribution in [2.45, 2.75) is 33.1 Å². The van der Waals surface area contributed by atoms with Gasteiger partial charge in [-0.05, 0) is 60.7 Å². The zero-order chi connectivity index (χ0) is 17.8. The summed E-state index contributed by atoms with van der Waals surface area (Å²) in [6, 6.07) is 15.2. The topological polar surface area (TPSA) is 49.4 Å². The Balaban J connectivity index is 1.63. The molecule has 1 N–H and O–H groups in total. The monoisotopic (exact) mass is 336 g/mol. The van der Waals surface area contributed by atoms with Crippen molar-refractivity contribution in [3.8, 4) is 0 Å². The van der Waals surface area contributed by atoms with Crippen LogP contribution in [0.3, 0.4) is 0 Å². The van der Waals surface area contributed by atoms with Gasteiger partial charge in [-0.2, -0.15) is 0 Å². The number of rotatable bonds is 5. The van der Waals surface area contributed by atoms with Crippen LogP contribution in [0.4, 0.5) is 11.4 Å². The molecule has 2 aromatic rings. The molecule has 1 fully saturated rings. The molecular formula is C21H24N2O2. The second-order valence-corrected chi connectivity index (χ2v) is 6.94. The average Bonchev–Trinajstić information content (AvgIpc) is 3.02. The third kappa shape index (κ3) is 4.27. The fourth-order valence-corrected chi connectivity index (χ4v) is 3.11. The Morgan fingerprint density at radius 3 is 2.32 bits per heavy atom. The third-order valence-corrected chi connectivity index (χ3v) is 4.37. The smallest absolute Gasteiger partial charge is 0.255 e. The summed E-state index contributed by atoms with van der Waals surface area (Å²) in [5, 5.41) is 2.91. The Morgan fingerprint density at radius 1 is 1.08 bits per heavy atom. The van der Waals surface area contributed by atoms with Crippen molar-refractivity contribution in [2.24, 2.45) is 5.92 Å². The van der Waals surface area contributed by atoms with Crippen LogP contribution in [0.2, 0.25) is 0 Å². The molecule has 4 heteroatoms. The Labute approximate surface area is 148 Å². The molecule has 0 aromatic heterocycles. The number of carbonyl (C=O) groups excluding carboxylic acids is 2. The molecule has 0 spiro atoms. The van der Waals surface area contributed by atoms with Gasteiger partial charge in [0, 0.05) is 29.9 Å². The third-order valence-electron chi connectivity index (χ3n) is 4.37. The Morgan fingerprint density at radius 2 is 1.76 bits per heavy atom. The molecule has 0 saturated carbocycles. The molecule has 0 aliphatic carbocycles. The Hall–Kier alpha value is -2.62. The molecule has 1 aliphatic heterocycles. The minimum Gasteiger partial charge on any atom is -0.322 e. The highest BCUT2D eigenvalue weighted by molar-refractivity contribution is 6.04. The first-order valence-electron chi connectivity index (χ1n) is 8.83. The van der Waals surface area contributed by atoms with Gasteiger partial charge in [0.05, 0.1) is 0 Å². The lowest BCUT2D eigenvalue weighted by Gasteiger charge is -2.16. The maximum absolute atomic E-state index is 12.4. The van der Waals surface area contributed by atoms with E-state index in [1.54, 1.807) is 4.90 Å². The van der Waals surface area contributed by atoms with E-state index >= 15 is 0 Å². The lowest BCUT2D eigenvalue weighted by molar-refractivity contribution is -0.117. The molecular weight excluding hydrogens is 312 g/mol. The van der Waals surface area contributed by atoms with E-state index in [1.807, 2.05) is 48.5 Å². The van der Waals surface area contributed by atoms with E-state index in [0.717, 1.165) is 30.8 Å². The second kappa shape index (κ2) is 7.51. The van der Waals surface area contributed by atoms with Gasteiger partial charge in [-0.3, -0.25) is 9.59 Å². The molecule has 25 heavy (non-hydrogen) atoms. The van der Waals surface area contributed by atoms with Crippen LogP contribution < -0.4 is 10.2 Å². The van der Waals surface area contributed by atoms with Crippen LogP contribution in [-0.4, -0.2) is 18.4 Å². The number of hydrogen-bond donors (Lipinski definition) is 1. The lowest BCUT2D eigenvalue weighted by atomic mass is 10.0. The molecule has 4 nitrogen and oxygen atoms in total. The van der Waals surface area contributed by atoms with Crippen molar-refractivity contribution >= 4 is 23.2 Å². The van der Waals surface area contributed by atoms with Gasteiger partial charge >= 0.3 is 0 Å². The maximum atomic E-state index is 12.4. The van der Waals surface area contributed by atoms with Crippen molar-refractivity contribution in [3.05, 3.63) is 59.7 Å². The van der Waals surface area contributed by atoms with Gasteiger partial charge in [0.2, 0.25) is 5.91 Å². The van der Waals surface area contributed by atoms with E-state index in [2.05, 4.69) is 19.2 Å². The quantitative estimate of drug-likeness (QED) is 0.887. The fraction of sp³-hybridized carbons (Fsp3) is 0.333. The van der Waals surface area contributed by atoms with E-state index in [1.165, 1.54) is 5.56 Å². The van der Waals surface area contributed by atoms with Crippen LogP contribution in [0.15, 0.2) is 48.5 Å². The molecule has 0 unspecified atom stereocenters. The summed E-state index contributed by atoms with van der Waals surface area (Å²) in [5.41, 5.74) is 3.50. The van der Waals surface area contributed by atoms with Crippen LogP contribution >= 0.6 is 0 Å². The molecule has 0 bridgehead atoms. The maximum Gasteiger partial charge on any atom is 0.255 e. The summed E-state index contributed by atoms with van der Waals surface area (Å²) in [7, 11) is 0. The normalized spacial score (nSPS) is 14.2. The number of nitrogens with one attached hydrogen (secondary N) is 1. The van der Waals surface area contributed by atoms with Crippen LogP contribution in [0, 0.1) is 5.92 Å². The zero-order valence-corrected chi connectivity index (χ0v) is 14.8. The molecule has 2 amide bonds. The second-order valence-electron chi connectivity index (χ2n) is 6.94. The first-order chi connectivity index (χ1) is 12.0. The molecule has 2 aromatic carbocycles. The van der Waals surface area contributed by atoms with Crippen molar-refractivity contribution in [2.75, 3.05) is 16.8 Å². The van der Waals surface area contributed by atoms with Gasteiger partial charge in [0.25, 0.3) is 5.91 Å².